The maximum atomic E-state index is 13.1. The standard InChI is InChI=1S/C22H29N3O3/c1-6-17(21(27)28-5)23-20(26)19-14(2)24-25-18(19)12-16(13-22(25,3)4)15-10-8-7-9-11-15/h7-11,16-17H,6,12-13H2,1-5H3,(H,23,26)/t16-,17?/m0/s1. The van der Waals surface area contributed by atoms with E-state index in [0.29, 0.717) is 23.6 Å². The predicted octanol–water partition coefficient (Wildman–Crippen LogP) is 3.34. The van der Waals surface area contributed by atoms with Crippen LogP contribution in [-0.4, -0.2) is 34.8 Å². The van der Waals surface area contributed by atoms with Gasteiger partial charge in [-0.25, -0.2) is 4.79 Å². The van der Waals surface area contributed by atoms with E-state index in [1.807, 2.05) is 24.6 Å². The normalized spacial score (nSPS) is 18.8. The molecule has 2 atom stereocenters. The summed E-state index contributed by atoms with van der Waals surface area (Å²) in [7, 11) is 1.33. The largest absolute Gasteiger partial charge is 0.467 e. The Morgan fingerprint density at radius 1 is 1.32 bits per heavy atom. The van der Waals surface area contributed by atoms with Crippen molar-refractivity contribution >= 4 is 11.9 Å². The van der Waals surface area contributed by atoms with E-state index in [9.17, 15) is 9.59 Å². The Kier molecular flexibility index (Phi) is 5.59. The summed E-state index contributed by atoms with van der Waals surface area (Å²) in [5.41, 5.74) is 3.27. The molecule has 6 heteroatoms. The highest BCUT2D eigenvalue weighted by Crippen LogP contribution is 2.40. The first-order valence-electron chi connectivity index (χ1n) is 9.81. The van der Waals surface area contributed by atoms with Gasteiger partial charge in [-0.1, -0.05) is 37.3 Å². The third-order valence-electron chi connectivity index (χ3n) is 5.61. The third kappa shape index (κ3) is 3.68. The molecule has 0 saturated carbocycles. The lowest BCUT2D eigenvalue weighted by molar-refractivity contribution is -0.142. The van der Waals surface area contributed by atoms with Gasteiger partial charge in [0.1, 0.15) is 6.04 Å². The number of rotatable bonds is 5. The summed E-state index contributed by atoms with van der Waals surface area (Å²) in [6, 6.07) is 9.74. The second-order valence-corrected chi connectivity index (χ2v) is 8.10. The minimum atomic E-state index is -0.658. The van der Waals surface area contributed by atoms with Gasteiger partial charge in [0, 0.05) is 0 Å². The van der Waals surface area contributed by atoms with Crippen molar-refractivity contribution in [3.63, 3.8) is 0 Å². The lowest BCUT2D eigenvalue weighted by atomic mass is 9.79. The van der Waals surface area contributed by atoms with E-state index in [-0.39, 0.29) is 11.4 Å². The Morgan fingerprint density at radius 3 is 2.61 bits per heavy atom. The summed E-state index contributed by atoms with van der Waals surface area (Å²) in [5.74, 6) is -0.383. The van der Waals surface area contributed by atoms with E-state index in [1.54, 1.807) is 0 Å². The molecule has 28 heavy (non-hydrogen) atoms. The molecule has 1 aliphatic heterocycles. The molecule has 0 fully saturated rings. The van der Waals surface area contributed by atoms with Gasteiger partial charge >= 0.3 is 5.97 Å². The summed E-state index contributed by atoms with van der Waals surface area (Å²) in [5, 5.41) is 7.52. The van der Waals surface area contributed by atoms with Crippen molar-refractivity contribution in [3.05, 3.63) is 52.8 Å². The van der Waals surface area contributed by atoms with Gasteiger partial charge in [-0.05, 0) is 51.5 Å². The van der Waals surface area contributed by atoms with Gasteiger partial charge in [-0.2, -0.15) is 5.10 Å². The third-order valence-corrected chi connectivity index (χ3v) is 5.61. The predicted molar refractivity (Wildman–Crippen MR) is 107 cm³/mol. The minimum Gasteiger partial charge on any atom is -0.467 e. The first kappa shape index (κ1) is 20.1. The van der Waals surface area contributed by atoms with Crippen LogP contribution in [0.1, 0.15) is 66.8 Å². The number of amides is 1. The Morgan fingerprint density at radius 2 is 2.00 bits per heavy atom. The van der Waals surface area contributed by atoms with E-state index in [4.69, 9.17) is 9.84 Å². The van der Waals surface area contributed by atoms with Gasteiger partial charge in [0.15, 0.2) is 0 Å². The number of aromatic nitrogens is 2. The van der Waals surface area contributed by atoms with Crippen LogP contribution in [0.25, 0.3) is 0 Å². The number of carbonyl (C=O) groups excluding carboxylic acids is 2. The summed E-state index contributed by atoms with van der Waals surface area (Å²) in [4.78, 5) is 25.0. The topological polar surface area (TPSA) is 73.2 Å². The number of nitrogens with one attached hydrogen (secondary N) is 1. The van der Waals surface area contributed by atoms with Gasteiger partial charge in [-0.3, -0.25) is 9.48 Å². The average Bonchev–Trinajstić information content (AvgIpc) is 3.02. The van der Waals surface area contributed by atoms with Crippen molar-refractivity contribution in [2.45, 2.75) is 64.5 Å². The number of carbonyl (C=O) groups is 2. The lowest BCUT2D eigenvalue weighted by Crippen LogP contribution is -2.42. The maximum absolute atomic E-state index is 13.1. The first-order valence-corrected chi connectivity index (χ1v) is 9.81. The van der Waals surface area contributed by atoms with E-state index in [2.05, 4.69) is 43.4 Å². The molecular weight excluding hydrogens is 354 g/mol. The van der Waals surface area contributed by atoms with E-state index < -0.39 is 12.0 Å². The molecule has 0 bridgehead atoms. The highest BCUT2D eigenvalue weighted by atomic mass is 16.5. The molecule has 1 aliphatic rings. The zero-order valence-corrected chi connectivity index (χ0v) is 17.3. The zero-order valence-electron chi connectivity index (χ0n) is 17.3. The molecule has 1 aromatic carbocycles. The van der Waals surface area contributed by atoms with Crippen LogP contribution in [0.3, 0.4) is 0 Å². The second kappa shape index (κ2) is 7.78. The first-order chi connectivity index (χ1) is 13.3. The fourth-order valence-corrected chi connectivity index (χ4v) is 4.22. The van der Waals surface area contributed by atoms with Crippen LogP contribution in [-0.2, 0) is 21.5 Å². The maximum Gasteiger partial charge on any atom is 0.328 e. The van der Waals surface area contributed by atoms with Crippen molar-refractivity contribution < 1.29 is 14.3 Å². The molecule has 1 N–H and O–H groups in total. The molecule has 0 saturated heterocycles. The highest BCUT2D eigenvalue weighted by Gasteiger charge is 2.38. The number of ether oxygens (including phenoxy) is 1. The molecular formula is C22H29N3O3. The van der Waals surface area contributed by atoms with E-state index in [0.717, 1.165) is 18.5 Å². The van der Waals surface area contributed by atoms with Crippen LogP contribution < -0.4 is 5.32 Å². The quantitative estimate of drug-likeness (QED) is 0.804. The average molecular weight is 383 g/mol. The molecule has 1 amide bonds. The number of methoxy groups -OCH3 is 1. The fourth-order valence-electron chi connectivity index (χ4n) is 4.22. The number of benzene rings is 1. The van der Waals surface area contributed by atoms with Crippen LogP contribution in [0.2, 0.25) is 0 Å². The lowest BCUT2D eigenvalue weighted by Gasteiger charge is -2.37. The van der Waals surface area contributed by atoms with Crippen molar-refractivity contribution in [1.82, 2.24) is 15.1 Å². The Bertz CT molecular complexity index is 871. The molecule has 2 heterocycles. The Balaban J connectivity index is 1.97. The Labute approximate surface area is 166 Å². The van der Waals surface area contributed by atoms with Crippen LogP contribution in [0.15, 0.2) is 30.3 Å². The number of esters is 1. The van der Waals surface area contributed by atoms with Crippen molar-refractivity contribution in [2.75, 3.05) is 7.11 Å². The molecule has 0 aliphatic carbocycles. The number of hydrogen-bond acceptors (Lipinski definition) is 4. The summed E-state index contributed by atoms with van der Waals surface area (Å²) in [6.45, 7) is 8.01. The smallest absolute Gasteiger partial charge is 0.328 e. The van der Waals surface area contributed by atoms with Crippen molar-refractivity contribution in [2.24, 2.45) is 0 Å². The van der Waals surface area contributed by atoms with Gasteiger partial charge in [0.25, 0.3) is 5.91 Å². The van der Waals surface area contributed by atoms with Crippen LogP contribution >= 0.6 is 0 Å². The molecule has 150 valence electrons. The van der Waals surface area contributed by atoms with Gasteiger partial charge < -0.3 is 10.1 Å². The van der Waals surface area contributed by atoms with E-state index >= 15 is 0 Å². The van der Waals surface area contributed by atoms with Crippen molar-refractivity contribution in [3.8, 4) is 0 Å². The molecule has 3 rings (SSSR count). The van der Waals surface area contributed by atoms with Crippen LogP contribution in [0.4, 0.5) is 0 Å². The molecule has 0 spiro atoms. The van der Waals surface area contributed by atoms with Crippen molar-refractivity contribution in [1.29, 1.82) is 0 Å². The number of fused-ring (bicyclic) bond motifs is 1. The SMILES string of the molecule is CCC(NC(=O)c1c(C)nn2c1C[C@H](c1ccccc1)CC2(C)C)C(=O)OC. The molecule has 1 aromatic heterocycles. The van der Waals surface area contributed by atoms with Gasteiger partial charge in [0.05, 0.1) is 29.6 Å². The fraction of sp³-hybridized carbons (Fsp3) is 0.500. The second-order valence-electron chi connectivity index (χ2n) is 8.10. The monoisotopic (exact) mass is 383 g/mol. The zero-order chi connectivity index (χ0) is 20.5. The molecule has 0 radical (unpaired) electrons. The molecule has 2 aromatic rings. The summed E-state index contributed by atoms with van der Waals surface area (Å²) in [6.07, 6.45) is 2.16. The minimum absolute atomic E-state index is 0.204. The molecule has 6 nitrogen and oxygen atoms in total. The summed E-state index contributed by atoms with van der Waals surface area (Å²) < 4.78 is 6.79. The highest BCUT2D eigenvalue weighted by molar-refractivity contribution is 5.98. The van der Waals surface area contributed by atoms with Crippen LogP contribution in [0.5, 0.6) is 0 Å². The summed E-state index contributed by atoms with van der Waals surface area (Å²) >= 11 is 0. The number of hydrogen-bond donors (Lipinski definition) is 1. The van der Waals surface area contributed by atoms with Crippen LogP contribution in [0, 0.1) is 6.92 Å². The Hall–Kier alpha value is -2.63. The van der Waals surface area contributed by atoms with Gasteiger partial charge in [-0.15, -0.1) is 0 Å². The van der Waals surface area contributed by atoms with E-state index in [1.165, 1.54) is 12.7 Å². The molecule has 1 unspecified atom stereocenters. The van der Waals surface area contributed by atoms with Gasteiger partial charge in [0.2, 0.25) is 0 Å². The number of aryl methyl sites for hydroxylation is 1. The number of nitrogens with zero attached hydrogens (tertiary/aromatic N) is 2.